The molecule has 0 amide bonds. The summed E-state index contributed by atoms with van der Waals surface area (Å²) in [6, 6.07) is 8.74. The summed E-state index contributed by atoms with van der Waals surface area (Å²) < 4.78 is 1.82. The third kappa shape index (κ3) is 1.58. The number of rotatable bonds is 0. The average Bonchev–Trinajstić information content (AvgIpc) is 1.91. The van der Waals surface area contributed by atoms with Crippen LogP contribution in [-0.2, 0) is 0 Å². The van der Waals surface area contributed by atoms with E-state index < -0.39 is 0 Å². The minimum atomic E-state index is 1.82. The Morgan fingerprint density at radius 2 is 1.78 bits per heavy atom. The lowest BCUT2D eigenvalue weighted by molar-refractivity contribution is -0.583. The van der Waals surface area contributed by atoms with Crippen LogP contribution in [-0.4, -0.2) is 0 Å². The fourth-order valence-corrected chi connectivity index (χ4v) is 0.602. The molecule has 9 heavy (non-hydrogen) atoms. The van der Waals surface area contributed by atoms with Crippen molar-refractivity contribution < 1.29 is 4.57 Å². The van der Waals surface area contributed by atoms with Crippen LogP contribution < -0.4 is 4.57 Å². The van der Waals surface area contributed by atoms with E-state index in [9.17, 15) is 0 Å². The smallest absolute Gasteiger partial charge is 0.119 e. The first-order chi connectivity index (χ1) is 4.43. The monoisotopic (exact) mass is 118 g/mol. The molecule has 0 unspecified atom stereocenters. The van der Waals surface area contributed by atoms with Gasteiger partial charge in [0.05, 0.1) is 0 Å². The predicted octanol–water partition coefficient (Wildman–Crippen LogP) is 0.803. The molecule has 1 aromatic heterocycles. The summed E-state index contributed by atoms with van der Waals surface area (Å²) in [5.41, 5.74) is 0. The first-order valence-corrected chi connectivity index (χ1v) is 2.82. The van der Waals surface area contributed by atoms with Crippen LogP contribution in [0.15, 0.2) is 30.6 Å². The van der Waals surface area contributed by atoms with E-state index in [4.69, 9.17) is 0 Å². The molecule has 0 atom stereocenters. The zero-order chi connectivity index (χ0) is 6.53. The number of hydrogen-bond acceptors (Lipinski definition) is 0. The predicted molar refractivity (Wildman–Crippen MR) is 35.5 cm³/mol. The molecule has 1 heteroatoms. The Morgan fingerprint density at radius 3 is 2.33 bits per heavy atom. The summed E-state index contributed by atoms with van der Waals surface area (Å²) >= 11 is 0. The van der Waals surface area contributed by atoms with Crippen molar-refractivity contribution in [1.82, 2.24) is 0 Å². The topological polar surface area (TPSA) is 3.88 Å². The second kappa shape index (κ2) is 2.88. The molecule has 0 aromatic carbocycles. The molecule has 1 rings (SSSR count). The van der Waals surface area contributed by atoms with Crippen molar-refractivity contribution in [2.45, 2.75) is 6.92 Å². The highest BCUT2D eigenvalue weighted by molar-refractivity contribution is 4.89. The van der Waals surface area contributed by atoms with Crippen LogP contribution in [0.1, 0.15) is 6.92 Å². The highest BCUT2D eigenvalue weighted by Crippen LogP contribution is 1.73. The number of hydrogen-bond donors (Lipinski definition) is 0. The highest BCUT2D eigenvalue weighted by Gasteiger charge is 1.85. The molecule has 0 saturated carbocycles. The van der Waals surface area contributed by atoms with E-state index in [0.29, 0.717) is 0 Å². The molecular weight excluding hydrogens is 110 g/mol. The Morgan fingerprint density at radius 1 is 1.11 bits per heavy atom. The van der Waals surface area contributed by atoms with Crippen LogP contribution in [0.2, 0.25) is 0 Å². The SMILES string of the molecule is CC#C[n+]1ccccc1. The zero-order valence-corrected chi connectivity index (χ0v) is 5.33. The third-order valence-corrected chi connectivity index (χ3v) is 0.956. The van der Waals surface area contributed by atoms with Gasteiger partial charge in [0.2, 0.25) is 6.04 Å². The molecule has 1 aromatic rings. The van der Waals surface area contributed by atoms with Gasteiger partial charge in [0, 0.05) is 19.1 Å². The molecular formula is C8H8N+. The van der Waals surface area contributed by atoms with Crippen molar-refractivity contribution in [1.29, 1.82) is 0 Å². The summed E-state index contributed by atoms with van der Waals surface area (Å²) in [5.74, 6) is 2.80. The summed E-state index contributed by atoms with van der Waals surface area (Å²) in [4.78, 5) is 0. The van der Waals surface area contributed by atoms with Gasteiger partial charge in [0.1, 0.15) is 0 Å². The summed E-state index contributed by atoms with van der Waals surface area (Å²) in [7, 11) is 0. The Kier molecular flexibility index (Phi) is 1.87. The molecule has 0 spiro atoms. The van der Waals surface area contributed by atoms with Crippen molar-refractivity contribution in [3.8, 4) is 12.0 Å². The van der Waals surface area contributed by atoms with E-state index in [1.54, 1.807) is 0 Å². The van der Waals surface area contributed by atoms with E-state index in [1.807, 2.05) is 42.1 Å². The van der Waals surface area contributed by atoms with Gasteiger partial charge in [-0.3, -0.25) is 0 Å². The van der Waals surface area contributed by atoms with Crippen LogP contribution in [0.25, 0.3) is 0 Å². The van der Waals surface area contributed by atoms with Crippen LogP contribution in [0.4, 0.5) is 0 Å². The second-order valence-electron chi connectivity index (χ2n) is 1.64. The lowest BCUT2D eigenvalue weighted by atomic mass is 10.5. The first-order valence-electron chi connectivity index (χ1n) is 2.82. The fourth-order valence-electron chi connectivity index (χ4n) is 0.602. The summed E-state index contributed by atoms with van der Waals surface area (Å²) in [6.45, 7) is 1.82. The number of aromatic nitrogens is 1. The summed E-state index contributed by atoms with van der Waals surface area (Å²) in [5, 5.41) is 0. The lowest BCUT2D eigenvalue weighted by Crippen LogP contribution is -2.25. The molecule has 0 radical (unpaired) electrons. The normalized spacial score (nSPS) is 7.67. The van der Waals surface area contributed by atoms with Gasteiger partial charge in [-0.2, -0.15) is 0 Å². The zero-order valence-electron chi connectivity index (χ0n) is 5.33. The van der Waals surface area contributed by atoms with Crippen molar-refractivity contribution in [2.24, 2.45) is 0 Å². The van der Waals surface area contributed by atoms with Crippen LogP contribution in [0, 0.1) is 12.0 Å². The average molecular weight is 118 g/mol. The van der Waals surface area contributed by atoms with Gasteiger partial charge in [-0.05, 0) is 5.92 Å². The minimum absolute atomic E-state index is 1.82. The van der Waals surface area contributed by atoms with Crippen molar-refractivity contribution in [3.63, 3.8) is 0 Å². The molecule has 0 saturated heterocycles. The van der Waals surface area contributed by atoms with E-state index >= 15 is 0 Å². The second-order valence-corrected chi connectivity index (χ2v) is 1.64. The molecule has 1 nitrogen and oxygen atoms in total. The minimum Gasteiger partial charge on any atom is -0.119 e. The van der Waals surface area contributed by atoms with E-state index in [-0.39, 0.29) is 0 Å². The quantitative estimate of drug-likeness (QED) is 0.350. The summed E-state index contributed by atoms with van der Waals surface area (Å²) in [6.07, 6.45) is 3.83. The maximum atomic E-state index is 2.87. The van der Waals surface area contributed by atoms with Crippen molar-refractivity contribution in [2.75, 3.05) is 0 Å². The van der Waals surface area contributed by atoms with Crippen molar-refractivity contribution >= 4 is 0 Å². The standard InChI is InChI=1S/C8H8N/c1-2-6-9-7-4-3-5-8-9/h3-5,7-8H,1H3/q+1. The van der Waals surface area contributed by atoms with E-state index in [0.717, 1.165) is 0 Å². The van der Waals surface area contributed by atoms with Gasteiger partial charge in [-0.25, -0.2) is 0 Å². The molecule has 44 valence electrons. The van der Waals surface area contributed by atoms with E-state index in [2.05, 4.69) is 12.0 Å². The third-order valence-electron chi connectivity index (χ3n) is 0.956. The first kappa shape index (κ1) is 5.84. The molecule has 0 aliphatic carbocycles. The Labute approximate surface area is 55.0 Å². The molecule has 0 N–H and O–H groups in total. The van der Waals surface area contributed by atoms with Crippen LogP contribution in [0.5, 0.6) is 0 Å². The molecule has 1 heterocycles. The van der Waals surface area contributed by atoms with Gasteiger partial charge in [0.25, 0.3) is 0 Å². The molecule has 0 bridgehead atoms. The number of nitrogens with zero attached hydrogens (tertiary/aromatic N) is 1. The maximum Gasteiger partial charge on any atom is 0.228 e. The molecule has 0 fully saturated rings. The van der Waals surface area contributed by atoms with Crippen LogP contribution >= 0.6 is 0 Å². The van der Waals surface area contributed by atoms with E-state index in [1.165, 1.54) is 0 Å². The lowest BCUT2D eigenvalue weighted by Gasteiger charge is -1.76. The van der Waals surface area contributed by atoms with Crippen molar-refractivity contribution in [3.05, 3.63) is 30.6 Å². The van der Waals surface area contributed by atoms with Gasteiger partial charge in [-0.15, -0.1) is 4.57 Å². The highest BCUT2D eigenvalue weighted by atomic mass is 14.9. The Bertz CT molecular complexity index is 228. The Balaban J connectivity index is 2.94. The van der Waals surface area contributed by atoms with Crippen LogP contribution in [0.3, 0.4) is 0 Å². The Hall–Kier alpha value is -1.29. The maximum absolute atomic E-state index is 2.87. The van der Waals surface area contributed by atoms with Gasteiger partial charge in [0.15, 0.2) is 12.4 Å². The molecule has 0 aliphatic heterocycles. The van der Waals surface area contributed by atoms with Gasteiger partial charge < -0.3 is 0 Å². The van der Waals surface area contributed by atoms with Gasteiger partial charge in [-0.1, -0.05) is 6.07 Å². The number of pyridine rings is 1. The largest absolute Gasteiger partial charge is 0.228 e. The van der Waals surface area contributed by atoms with Gasteiger partial charge >= 0.3 is 0 Å². The fraction of sp³-hybridized carbons (Fsp3) is 0.125. The molecule has 0 aliphatic rings.